The summed E-state index contributed by atoms with van der Waals surface area (Å²) in [5, 5.41) is 17.7. The number of carbonyl (C=O) groups is 1. The van der Waals surface area contributed by atoms with Crippen LogP contribution in [0.15, 0.2) is 5.16 Å². The van der Waals surface area contributed by atoms with Crippen molar-refractivity contribution >= 4 is 11.7 Å². The molecule has 0 aromatic heterocycles. The summed E-state index contributed by atoms with van der Waals surface area (Å²) in [7, 11) is 1.60. The Bertz CT molecular complexity index is 332. The van der Waals surface area contributed by atoms with Gasteiger partial charge in [-0.25, -0.2) is 0 Å². The molecule has 7 heteroatoms. The summed E-state index contributed by atoms with van der Waals surface area (Å²) in [6, 6.07) is -0.223. The standard InChI is InChI=1S/C14H30N4O3/c1-11(12(19)17-9-10-21-4)16-8-6-5-7-14(2,3)13(15)18-20/h11,16,20H,5-10H2,1-4H3,(H2,15,18)(H,17,19). The van der Waals surface area contributed by atoms with Crippen molar-refractivity contribution in [2.45, 2.75) is 46.1 Å². The molecule has 0 radical (unpaired) electrons. The molecule has 0 aromatic carbocycles. The predicted octanol–water partition coefficient (Wildman–Crippen LogP) is 0.670. The summed E-state index contributed by atoms with van der Waals surface area (Å²) in [6.45, 7) is 7.52. The molecule has 0 bridgehead atoms. The van der Waals surface area contributed by atoms with E-state index in [9.17, 15) is 4.79 Å². The summed E-state index contributed by atoms with van der Waals surface area (Å²) < 4.78 is 4.87. The van der Waals surface area contributed by atoms with Gasteiger partial charge >= 0.3 is 0 Å². The van der Waals surface area contributed by atoms with Crippen molar-refractivity contribution in [3.63, 3.8) is 0 Å². The lowest BCUT2D eigenvalue weighted by atomic mass is 9.86. The molecule has 0 spiro atoms. The Labute approximate surface area is 127 Å². The van der Waals surface area contributed by atoms with Gasteiger partial charge in [0.05, 0.1) is 12.6 Å². The van der Waals surface area contributed by atoms with Crippen molar-refractivity contribution in [3.8, 4) is 0 Å². The van der Waals surface area contributed by atoms with Crippen molar-refractivity contribution in [3.05, 3.63) is 0 Å². The van der Waals surface area contributed by atoms with Gasteiger partial charge in [-0.3, -0.25) is 4.79 Å². The van der Waals surface area contributed by atoms with E-state index in [1.807, 2.05) is 20.8 Å². The maximum Gasteiger partial charge on any atom is 0.236 e. The minimum atomic E-state index is -0.308. The first kappa shape index (κ1) is 19.7. The van der Waals surface area contributed by atoms with Gasteiger partial charge in [0.15, 0.2) is 0 Å². The molecule has 5 N–H and O–H groups in total. The highest BCUT2D eigenvalue weighted by molar-refractivity contribution is 5.85. The zero-order valence-corrected chi connectivity index (χ0v) is 13.6. The average Bonchev–Trinajstić information content (AvgIpc) is 2.45. The van der Waals surface area contributed by atoms with Crippen LogP contribution in [-0.4, -0.2) is 49.8 Å². The number of methoxy groups -OCH3 is 1. The van der Waals surface area contributed by atoms with Crippen LogP contribution >= 0.6 is 0 Å². The van der Waals surface area contributed by atoms with Gasteiger partial charge in [-0.2, -0.15) is 0 Å². The van der Waals surface area contributed by atoms with E-state index in [0.29, 0.717) is 13.2 Å². The largest absolute Gasteiger partial charge is 0.409 e. The highest BCUT2D eigenvalue weighted by Crippen LogP contribution is 2.23. The first-order valence-electron chi connectivity index (χ1n) is 7.33. The number of amides is 1. The zero-order chi connectivity index (χ0) is 16.3. The number of rotatable bonds is 11. The topological polar surface area (TPSA) is 109 Å². The van der Waals surface area contributed by atoms with Crippen LogP contribution in [-0.2, 0) is 9.53 Å². The fourth-order valence-corrected chi connectivity index (χ4v) is 1.80. The molecule has 7 nitrogen and oxygen atoms in total. The van der Waals surface area contributed by atoms with E-state index in [1.54, 1.807) is 7.11 Å². The third kappa shape index (κ3) is 8.52. The van der Waals surface area contributed by atoms with Crippen molar-refractivity contribution in [2.24, 2.45) is 16.3 Å². The lowest BCUT2D eigenvalue weighted by molar-refractivity contribution is -0.122. The van der Waals surface area contributed by atoms with Crippen LogP contribution in [0.2, 0.25) is 0 Å². The fraction of sp³-hybridized carbons (Fsp3) is 0.857. The van der Waals surface area contributed by atoms with Gasteiger partial charge in [0.2, 0.25) is 5.91 Å². The monoisotopic (exact) mass is 302 g/mol. The molecule has 0 aromatic rings. The number of oxime groups is 1. The molecule has 0 heterocycles. The minimum absolute atomic E-state index is 0.0240. The summed E-state index contributed by atoms with van der Waals surface area (Å²) in [4.78, 5) is 11.7. The summed E-state index contributed by atoms with van der Waals surface area (Å²) in [5.74, 6) is 0.227. The van der Waals surface area contributed by atoms with Crippen LogP contribution in [0.3, 0.4) is 0 Å². The van der Waals surface area contributed by atoms with Crippen LogP contribution < -0.4 is 16.4 Å². The van der Waals surface area contributed by atoms with Gasteiger partial charge in [-0.05, 0) is 26.3 Å². The summed E-state index contributed by atoms with van der Waals surface area (Å²) >= 11 is 0. The third-order valence-electron chi connectivity index (χ3n) is 3.48. The molecule has 1 unspecified atom stereocenters. The molecule has 0 saturated carbocycles. The van der Waals surface area contributed by atoms with E-state index in [2.05, 4.69) is 15.8 Å². The molecule has 21 heavy (non-hydrogen) atoms. The molecular formula is C14H30N4O3. The van der Waals surface area contributed by atoms with Crippen LogP contribution in [0.25, 0.3) is 0 Å². The number of hydrogen-bond acceptors (Lipinski definition) is 5. The van der Waals surface area contributed by atoms with Gasteiger partial charge in [-0.15, -0.1) is 0 Å². The SMILES string of the molecule is COCCNC(=O)C(C)NCCCCC(C)(C)C(N)=NO. The van der Waals surface area contributed by atoms with E-state index >= 15 is 0 Å². The maximum atomic E-state index is 11.7. The third-order valence-corrected chi connectivity index (χ3v) is 3.48. The maximum absolute atomic E-state index is 11.7. The van der Waals surface area contributed by atoms with Crippen molar-refractivity contribution in [1.29, 1.82) is 0 Å². The van der Waals surface area contributed by atoms with Crippen molar-refractivity contribution in [2.75, 3.05) is 26.8 Å². The number of carbonyl (C=O) groups excluding carboxylic acids is 1. The Kier molecular flexibility index (Phi) is 9.73. The quantitative estimate of drug-likeness (QED) is 0.147. The van der Waals surface area contributed by atoms with E-state index in [0.717, 1.165) is 25.8 Å². The lowest BCUT2D eigenvalue weighted by Gasteiger charge is -2.22. The molecule has 0 aliphatic carbocycles. The number of nitrogens with two attached hydrogens (primary N) is 1. The van der Waals surface area contributed by atoms with Gasteiger partial charge < -0.3 is 26.3 Å². The number of nitrogens with zero attached hydrogens (tertiary/aromatic N) is 1. The van der Waals surface area contributed by atoms with Crippen LogP contribution in [0.4, 0.5) is 0 Å². The first-order valence-corrected chi connectivity index (χ1v) is 7.33. The van der Waals surface area contributed by atoms with Crippen molar-refractivity contribution < 1.29 is 14.7 Å². The lowest BCUT2D eigenvalue weighted by Crippen LogP contribution is -2.43. The number of hydrogen-bond donors (Lipinski definition) is 4. The smallest absolute Gasteiger partial charge is 0.236 e. The number of nitrogens with one attached hydrogen (secondary N) is 2. The second-order valence-corrected chi connectivity index (χ2v) is 5.79. The average molecular weight is 302 g/mol. The van der Waals surface area contributed by atoms with Crippen LogP contribution in [0, 0.1) is 5.41 Å². The van der Waals surface area contributed by atoms with E-state index in [-0.39, 0.29) is 23.2 Å². The number of amidine groups is 1. The molecule has 0 rings (SSSR count). The van der Waals surface area contributed by atoms with Gasteiger partial charge in [0, 0.05) is 19.1 Å². The van der Waals surface area contributed by atoms with Gasteiger partial charge in [0.1, 0.15) is 5.84 Å². The molecular weight excluding hydrogens is 272 g/mol. The molecule has 0 fully saturated rings. The van der Waals surface area contributed by atoms with Crippen LogP contribution in [0.5, 0.6) is 0 Å². The van der Waals surface area contributed by atoms with E-state index in [4.69, 9.17) is 15.7 Å². The molecule has 0 saturated heterocycles. The molecule has 1 amide bonds. The summed E-state index contributed by atoms with van der Waals surface area (Å²) in [5.41, 5.74) is 5.32. The Balaban J connectivity index is 3.78. The normalized spacial score (nSPS) is 14.0. The van der Waals surface area contributed by atoms with Crippen LogP contribution in [0.1, 0.15) is 40.0 Å². The predicted molar refractivity (Wildman–Crippen MR) is 83.4 cm³/mol. The first-order chi connectivity index (χ1) is 9.85. The second-order valence-electron chi connectivity index (χ2n) is 5.79. The Morgan fingerprint density at radius 2 is 2.05 bits per heavy atom. The Morgan fingerprint density at radius 1 is 1.38 bits per heavy atom. The zero-order valence-electron chi connectivity index (χ0n) is 13.6. The molecule has 124 valence electrons. The van der Waals surface area contributed by atoms with Crippen molar-refractivity contribution in [1.82, 2.24) is 10.6 Å². The van der Waals surface area contributed by atoms with Gasteiger partial charge in [0.25, 0.3) is 0 Å². The molecule has 1 atom stereocenters. The molecule has 0 aliphatic rings. The van der Waals surface area contributed by atoms with Gasteiger partial charge in [-0.1, -0.05) is 25.4 Å². The van der Waals surface area contributed by atoms with E-state index < -0.39 is 0 Å². The highest BCUT2D eigenvalue weighted by atomic mass is 16.5. The summed E-state index contributed by atoms with van der Waals surface area (Å²) in [6.07, 6.45) is 2.70. The van der Waals surface area contributed by atoms with E-state index in [1.165, 1.54) is 0 Å². The Hall–Kier alpha value is -1.34. The minimum Gasteiger partial charge on any atom is -0.409 e. The number of ether oxygens (including phenoxy) is 1. The Morgan fingerprint density at radius 3 is 2.62 bits per heavy atom. The fourth-order valence-electron chi connectivity index (χ4n) is 1.80. The highest BCUT2D eigenvalue weighted by Gasteiger charge is 2.22. The molecule has 0 aliphatic heterocycles. The second kappa shape index (κ2) is 10.4. The number of unbranched alkanes of at least 4 members (excludes halogenated alkanes) is 1.